The molecule has 0 saturated carbocycles. The molecule has 0 amide bonds. The van der Waals surface area contributed by atoms with Crippen LogP contribution in [0.5, 0.6) is 0 Å². The number of allylic oxidation sites excluding steroid dienone is 2. The maximum absolute atomic E-state index is 12.4. The molecule has 0 atom stereocenters. The van der Waals surface area contributed by atoms with Crippen LogP contribution < -0.4 is 0 Å². The summed E-state index contributed by atoms with van der Waals surface area (Å²) in [4.78, 5) is 27.4. The van der Waals surface area contributed by atoms with E-state index >= 15 is 0 Å². The van der Waals surface area contributed by atoms with E-state index in [4.69, 9.17) is 9.47 Å². The van der Waals surface area contributed by atoms with Gasteiger partial charge in [0.05, 0.1) is 13.2 Å². The van der Waals surface area contributed by atoms with Gasteiger partial charge in [0, 0.05) is 25.3 Å². The molecule has 0 saturated heterocycles. The van der Waals surface area contributed by atoms with Crippen LogP contribution in [0.1, 0.15) is 227 Å². The monoisotopic (exact) mass is 748 g/mol. The molecule has 0 spiro atoms. The molecule has 0 aromatic carbocycles. The first-order chi connectivity index (χ1) is 26.0. The van der Waals surface area contributed by atoms with Gasteiger partial charge in [-0.3, -0.25) is 0 Å². The fourth-order valence-corrected chi connectivity index (χ4v) is 7.13. The molecule has 312 valence electrons. The maximum Gasteiger partial charge on any atom is 0.330 e. The number of hydrogen-bond donors (Lipinski definition) is 1. The second kappa shape index (κ2) is 41.5. The van der Waals surface area contributed by atoms with Gasteiger partial charge in [0.2, 0.25) is 0 Å². The van der Waals surface area contributed by atoms with Crippen LogP contribution in [0, 0.1) is 0 Å². The zero-order valence-electron chi connectivity index (χ0n) is 35.8. The van der Waals surface area contributed by atoms with Crippen LogP contribution >= 0.6 is 0 Å². The van der Waals surface area contributed by atoms with E-state index in [1.54, 1.807) is 12.2 Å². The van der Waals surface area contributed by atoms with Gasteiger partial charge in [-0.2, -0.15) is 0 Å². The summed E-state index contributed by atoms with van der Waals surface area (Å²) in [6.45, 7) is 13.2. The Balaban J connectivity index is 4.12. The number of nitrogens with zero attached hydrogens (tertiary/aromatic N) is 1. The molecule has 0 radical (unpaired) electrons. The van der Waals surface area contributed by atoms with Crippen molar-refractivity contribution in [1.82, 2.24) is 4.90 Å². The van der Waals surface area contributed by atoms with Crippen molar-refractivity contribution in [3.8, 4) is 0 Å². The lowest BCUT2D eigenvalue weighted by molar-refractivity contribution is -0.138. The summed E-state index contributed by atoms with van der Waals surface area (Å²) in [5, 5.41) is 9.39. The summed E-state index contributed by atoms with van der Waals surface area (Å²) < 4.78 is 11.1. The summed E-state index contributed by atoms with van der Waals surface area (Å²) in [5.74, 6) is -0.327. The largest absolute Gasteiger partial charge is 0.463 e. The Morgan fingerprint density at radius 3 is 1.13 bits per heavy atom. The van der Waals surface area contributed by atoms with Crippen molar-refractivity contribution >= 4 is 11.9 Å². The number of aliphatic hydroxyl groups excluding tert-OH is 1. The lowest BCUT2D eigenvalue weighted by Crippen LogP contribution is -2.28. The molecule has 53 heavy (non-hydrogen) atoms. The first kappa shape index (κ1) is 51.3. The molecule has 6 heteroatoms. The minimum absolute atomic E-state index is 0.163. The van der Waals surface area contributed by atoms with E-state index in [0.29, 0.717) is 13.2 Å². The van der Waals surface area contributed by atoms with Gasteiger partial charge < -0.3 is 19.5 Å². The Morgan fingerprint density at radius 2 is 0.755 bits per heavy atom. The van der Waals surface area contributed by atoms with Crippen LogP contribution in [-0.4, -0.2) is 61.4 Å². The highest BCUT2D eigenvalue weighted by Gasteiger charge is 2.08. The van der Waals surface area contributed by atoms with E-state index in [2.05, 4.69) is 32.6 Å². The average Bonchev–Trinajstić information content (AvgIpc) is 3.14. The third kappa shape index (κ3) is 37.1. The number of carbonyl (C=O) groups excluding carboxylic acids is 2. The molecule has 6 nitrogen and oxygen atoms in total. The van der Waals surface area contributed by atoms with Crippen LogP contribution in [0.4, 0.5) is 0 Å². The van der Waals surface area contributed by atoms with Crippen molar-refractivity contribution in [2.45, 2.75) is 227 Å². The molecule has 0 rings (SSSR count). The van der Waals surface area contributed by atoms with Crippen LogP contribution in [0.3, 0.4) is 0 Å². The first-order valence-corrected chi connectivity index (χ1v) is 23.1. The van der Waals surface area contributed by atoms with E-state index in [-0.39, 0.29) is 18.5 Å². The lowest BCUT2D eigenvalue weighted by atomic mass is 10.0. The number of carbonyl (C=O) groups is 2. The summed E-state index contributed by atoms with van der Waals surface area (Å²) in [6, 6.07) is 0. The fourth-order valence-electron chi connectivity index (χ4n) is 7.13. The molecular formula is C47H89NO5. The third-order valence-corrected chi connectivity index (χ3v) is 10.3. The molecule has 0 aliphatic rings. The Kier molecular flexibility index (Phi) is 40.2. The zero-order valence-corrected chi connectivity index (χ0v) is 35.8. The van der Waals surface area contributed by atoms with E-state index < -0.39 is 0 Å². The summed E-state index contributed by atoms with van der Waals surface area (Å²) >= 11 is 0. The average molecular weight is 748 g/mol. The van der Waals surface area contributed by atoms with E-state index in [0.717, 1.165) is 116 Å². The molecule has 1 N–H and O–H groups in total. The highest BCUT2D eigenvalue weighted by atomic mass is 16.5. The Labute approximate surface area is 329 Å². The van der Waals surface area contributed by atoms with Gasteiger partial charge in [0.25, 0.3) is 0 Å². The molecule has 0 unspecified atom stereocenters. The van der Waals surface area contributed by atoms with Gasteiger partial charge in [-0.25, -0.2) is 9.59 Å². The zero-order chi connectivity index (χ0) is 38.9. The van der Waals surface area contributed by atoms with Crippen molar-refractivity contribution in [3.63, 3.8) is 0 Å². The number of rotatable bonds is 41. The van der Waals surface area contributed by atoms with Crippen LogP contribution in [-0.2, 0) is 19.1 Å². The molecule has 0 aromatic rings. The topological polar surface area (TPSA) is 76.1 Å². The number of ether oxygens (including phenoxy) is 2. The minimum atomic E-state index is -0.163. The summed E-state index contributed by atoms with van der Waals surface area (Å²) in [7, 11) is 0. The van der Waals surface area contributed by atoms with Gasteiger partial charge in [0.1, 0.15) is 0 Å². The lowest BCUT2D eigenvalue weighted by Gasteiger charge is -2.22. The van der Waals surface area contributed by atoms with Crippen LogP contribution in [0.2, 0.25) is 0 Å². The number of esters is 2. The molecule has 0 heterocycles. The highest BCUT2D eigenvalue weighted by Crippen LogP contribution is 2.18. The smallest absolute Gasteiger partial charge is 0.330 e. The Morgan fingerprint density at radius 1 is 0.415 bits per heavy atom. The highest BCUT2D eigenvalue weighted by molar-refractivity contribution is 5.83. The quantitative estimate of drug-likeness (QED) is 0.0381. The van der Waals surface area contributed by atoms with Gasteiger partial charge >= 0.3 is 11.9 Å². The van der Waals surface area contributed by atoms with Crippen molar-refractivity contribution in [3.05, 3.63) is 23.3 Å². The first-order valence-electron chi connectivity index (χ1n) is 23.1. The minimum Gasteiger partial charge on any atom is -0.463 e. The summed E-state index contributed by atoms with van der Waals surface area (Å²) in [6.07, 6.45) is 40.0. The molecule has 0 bridgehead atoms. The van der Waals surface area contributed by atoms with E-state index in [1.807, 2.05) is 0 Å². The molecule has 0 aliphatic heterocycles. The summed E-state index contributed by atoms with van der Waals surface area (Å²) in [5.41, 5.74) is 2.51. The SMILES string of the molecule is CCCCCCCCCCC(=CC(=O)OCCCCCCN(CCCO)CCCCCCOC(=O)/C=C(\CCC)CCCCCCCCCC)CCC. The Hall–Kier alpha value is -1.66. The number of unbranched alkanes of at least 4 members (excludes halogenated alkanes) is 20. The maximum atomic E-state index is 12.4. The Bertz CT molecular complexity index is 803. The van der Waals surface area contributed by atoms with Gasteiger partial charge in [-0.1, -0.05) is 167 Å². The molecule has 0 fully saturated rings. The molecule has 0 aromatic heterocycles. The standard InChI is InChI=1S/C47H89NO5/c1-5-9-11-13-15-17-19-25-34-44(32-7-3)42-46(50)52-40-29-23-21-27-36-48(38-31-39-49)37-28-22-24-30-41-53-47(51)43-45(33-8-4)35-26-20-18-16-14-12-10-6-2/h42-43,49H,5-41H2,1-4H3/b44-42+,45-43?. The van der Waals surface area contributed by atoms with Gasteiger partial charge in [-0.05, 0) is 83.7 Å². The molecule has 0 aliphatic carbocycles. The van der Waals surface area contributed by atoms with E-state index in [1.165, 1.54) is 114 Å². The normalized spacial score (nSPS) is 12.2. The predicted octanol–water partition coefficient (Wildman–Crippen LogP) is 13.4. The van der Waals surface area contributed by atoms with Crippen LogP contribution in [0.25, 0.3) is 0 Å². The third-order valence-electron chi connectivity index (χ3n) is 10.3. The van der Waals surface area contributed by atoms with Crippen molar-refractivity contribution in [2.75, 3.05) is 39.5 Å². The number of hydrogen-bond acceptors (Lipinski definition) is 6. The van der Waals surface area contributed by atoms with Crippen molar-refractivity contribution in [2.24, 2.45) is 0 Å². The van der Waals surface area contributed by atoms with Crippen molar-refractivity contribution in [1.29, 1.82) is 0 Å². The molecular weight excluding hydrogens is 659 g/mol. The van der Waals surface area contributed by atoms with Crippen LogP contribution in [0.15, 0.2) is 23.3 Å². The van der Waals surface area contributed by atoms with Gasteiger partial charge in [0.15, 0.2) is 0 Å². The van der Waals surface area contributed by atoms with Crippen molar-refractivity contribution < 1.29 is 24.2 Å². The fraction of sp³-hybridized carbons (Fsp3) is 0.872. The second-order valence-corrected chi connectivity index (χ2v) is 15.6. The van der Waals surface area contributed by atoms with Gasteiger partial charge in [-0.15, -0.1) is 0 Å². The predicted molar refractivity (Wildman–Crippen MR) is 227 cm³/mol. The van der Waals surface area contributed by atoms with E-state index in [9.17, 15) is 14.7 Å². The second-order valence-electron chi connectivity index (χ2n) is 15.6. The number of aliphatic hydroxyl groups is 1.